The van der Waals surface area contributed by atoms with Gasteiger partial charge in [0.1, 0.15) is 11.0 Å². The van der Waals surface area contributed by atoms with Crippen LogP contribution in [0.2, 0.25) is 5.15 Å². The number of benzene rings is 1. The van der Waals surface area contributed by atoms with Crippen LogP contribution < -0.4 is 5.73 Å². The molecule has 2 N–H and O–H groups in total. The van der Waals surface area contributed by atoms with Gasteiger partial charge in [0.05, 0.1) is 0 Å². The topological polar surface area (TPSA) is 38.9 Å². The molecule has 0 saturated carbocycles. The first-order valence-corrected chi connectivity index (χ1v) is 5.59. The molecular weight excluding hydrogens is 220 g/mol. The third-order valence-electron chi connectivity index (χ3n) is 2.51. The Morgan fingerprint density at radius 3 is 2.38 bits per heavy atom. The highest BCUT2D eigenvalue weighted by Crippen LogP contribution is 2.24. The first-order valence-electron chi connectivity index (χ1n) is 5.21. The second-order valence-electron chi connectivity index (χ2n) is 3.65. The van der Waals surface area contributed by atoms with E-state index in [1.807, 2.05) is 12.1 Å². The van der Waals surface area contributed by atoms with E-state index in [0.29, 0.717) is 11.0 Å². The molecule has 16 heavy (non-hydrogen) atoms. The van der Waals surface area contributed by atoms with Gasteiger partial charge in [-0.05, 0) is 35.2 Å². The lowest BCUT2D eigenvalue weighted by Crippen LogP contribution is -1.91. The van der Waals surface area contributed by atoms with Gasteiger partial charge in [0, 0.05) is 0 Å². The van der Waals surface area contributed by atoms with Crippen molar-refractivity contribution in [2.45, 2.75) is 13.3 Å². The number of pyridine rings is 1. The molecule has 2 rings (SSSR count). The molecule has 0 bridgehead atoms. The second-order valence-corrected chi connectivity index (χ2v) is 4.04. The van der Waals surface area contributed by atoms with E-state index in [-0.39, 0.29) is 0 Å². The number of aromatic nitrogens is 1. The highest BCUT2D eigenvalue weighted by Gasteiger charge is 2.01. The average molecular weight is 233 g/mol. The molecule has 0 aliphatic heterocycles. The van der Waals surface area contributed by atoms with Crippen LogP contribution in [-0.2, 0) is 6.42 Å². The lowest BCUT2D eigenvalue weighted by atomic mass is 10.0. The Morgan fingerprint density at radius 2 is 1.81 bits per heavy atom. The molecule has 0 unspecified atom stereocenters. The van der Waals surface area contributed by atoms with Crippen molar-refractivity contribution >= 4 is 17.4 Å². The largest absolute Gasteiger partial charge is 0.384 e. The highest BCUT2D eigenvalue weighted by molar-refractivity contribution is 6.29. The quantitative estimate of drug-likeness (QED) is 0.805. The van der Waals surface area contributed by atoms with Crippen molar-refractivity contribution in [3.05, 3.63) is 47.1 Å². The van der Waals surface area contributed by atoms with E-state index in [1.54, 1.807) is 0 Å². The molecule has 0 aliphatic rings. The smallest absolute Gasteiger partial charge is 0.132 e. The maximum Gasteiger partial charge on any atom is 0.132 e. The Bertz CT molecular complexity index is 472. The summed E-state index contributed by atoms with van der Waals surface area (Å²) >= 11 is 5.87. The summed E-state index contributed by atoms with van der Waals surface area (Å²) in [6, 6.07) is 12.0. The van der Waals surface area contributed by atoms with E-state index >= 15 is 0 Å². The van der Waals surface area contributed by atoms with Crippen LogP contribution in [0, 0.1) is 0 Å². The molecule has 2 aromatic rings. The van der Waals surface area contributed by atoms with Gasteiger partial charge >= 0.3 is 0 Å². The van der Waals surface area contributed by atoms with Crippen molar-refractivity contribution < 1.29 is 0 Å². The minimum atomic E-state index is 0.426. The molecule has 1 heterocycles. The Labute approximate surface area is 100 Å². The summed E-state index contributed by atoms with van der Waals surface area (Å²) in [7, 11) is 0. The van der Waals surface area contributed by atoms with Crippen molar-refractivity contribution in [2.75, 3.05) is 5.73 Å². The molecule has 0 radical (unpaired) electrons. The van der Waals surface area contributed by atoms with E-state index in [1.165, 1.54) is 5.56 Å². The first kappa shape index (κ1) is 11.0. The Balaban J connectivity index is 2.42. The van der Waals surface area contributed by atoms with E-state index in [0.717, 1.165) is 17.5 Å². The zero-order valence-electron chi connectivity index (χ0n) is 9.07. The van der Waals surface area contributed by atoms with Gasteiger partial charge in [-0.15, -0.1) is 0 Å². The second kappa shape index (κ2) is 4.54. The lowest BCUT2D eigenvalue weighted by Gasteiger charge is -2.04. The normalized spacial score (nSPS) is 10.4. The number of halogens is 1. The van der Waals surface area contributed by atoms with E-state index in [9.17, 15) is 0 Å². The molecule has 1 aromatic carbocycles. The third-order valence-corrected chi connectivity index (χ3v) is 2.70. The van der Waals surface area contributed by atoms with Crippen LogP contribution in [0.4, 0.5) is 5.82 Å². The summed E-state index contributed by atoms with van der Waals surface area (Å²) < 4.78 is 0. The minimum absolute atomic E-state index is 0.426. The molecule has 0 spiro atoms. The SMILES string of the molecule is CCc1ccc(-c2cc(N)nc(Cl)c2)cc1. The summed E-state index contributed by atoms with van der Waals surface area (Å²) in [4.78, 5) is 3.94. The van der Waals surface area contributed by atoms with Crippen molar-refractivity contribution in [2.24, 2.45) is 0 Å². The summed E-state index contributed by atoms with van der Waals surface area (Å²) in [5.41, 5.74) is 9.08. The van der Waals surface area contributed by atoms with Crippen LogP contribution in [0.3, 0.4) is 0 Å². The number of anilines is 1. The zero-order valence-corrected chi connectivity index (χ0v) is 9.83. The zero-order chi connectivity index (χ0) is 11.5. The summed E-state index contributed by atoms with van der Waals surface area (Å²) in [5, 5.41) is 0.426. The minimum Gasteiger partial charge on any atom is -0.384 e. The fraction of sp³-hybridized carbons (Fsp3) is 0.154. The van der Waals surface area contributed by atoms with Crippen LogP contribution in [-0.4, -0.2) is 4.98 Å². The molecule has 0 aliphatic carbocycles. The molecule has 3 heteroatoms. The first-order chi connectivity index (χ1) is 7.69. The number of nitrogen functional groups attached to an aromatic ring is 1. The predicted octanol–water partition coefficient (Wildman–Crippen LogP) is 3.55. The van der Waals surface area contributed by atoms with Crippen LogP contribution in [0.1, 0.15) is 12.5 Å². The van der Waals surface area contributed by atoms with Crippen LogP contribution >= 0.6 is 11.6 Å². The Hall–Kier alpha value is -1.54. The number of nitrogens with zero attached hydrogens (tertiary/aromatic N) is 1. The van der Waals surface area contributed by atoms with Gasteiger partial charge in [-0.3, -0.25) is 0 Å². The van der Waals surface area contributed by atoms with Gasteiger partial charge in [-0.2, -0.15) is 0 Å². The van der Waals surface area contributed by atoms with Gasteiger partial charge in [0.25, 0.3) is 0 Å². The van der Waals surface area contributed by atoms with Crippen molar-refractivity contribution in [3.8, 4) is 11.1 Å². The van der Waals surface area contributed by atoms with Crippen molar-refractivity contribution in [1.29, 1.82) is 0 Å². The van der Waals surface area contributed by atoms with Gasteiger partial charge in [0.2, 0.25) is 0 Å². The van der Waals surface area contributed by atoms with Gasteiger partial charge < -0.3 is 5.73 Å². The van der Waals surface area contributed by atoms with Gasteiger partial charge in [-0.25, -0.2) is 4.98 Å². The van der Waals surface area contributed by atoms with Gasteiger partial charge in [-0.1, -0.05) is 42.8 Å². The molecule has 0 amide bonds. The maximum absolute atomic E-state index is 5.87. The molecule has 82 valence electrons. The predicted molar refractivity (Wildman–Crippen MR) is 68.5 cm³/mol. The van der Waals surface area contributed by atoms with Crippen LogP contribution in [0.5, 0.6) is 0 Å². The third kappa shape index (κ3) is 2.34. The van der Waals surface area contributed by atoms with E-state index < -0.39 is 0 Å². The average Bonchev–Trinajstić information content (AvgIpc) is 2.28. The highest BCUT2D eigenvalue weighted by atomic mass is 35.5. The summed E-state index contributed by atoms with van der Waals surface area (Å²) in [6.45, 7) is 2.14. The fourth-order valence-corrected chi connectivity index (χ4v) is 1.83. The summed E-state index contributed by atoms with van der Waals surface area (Å²) in [6.07, 6.45) is 1.04. The molecule has 0 atom stereocenters. The fourth-order valence-electron chi connectivity index (χ4n) is 1.62. The lowest BCUT2D eigenvalue weighted by molar-refractivity contribution is 1.14. The number of hydrogen-bond acceptors (Lipinski definition) is 2. The molecular formula is C13H13ClN2. The number of rotatable bonds is 2. The van der Waals surface area contributed by atoms with Crippen LogP contribution in [0.15, 0.2) is 36.4 Å². The molecule has 2 nitrogen and oxygen atoms in total. The van der Waals surface area contributed by atoms with Gasteiger partial charge in [0.15, 0.2) is 0 Å². The summed E-state index contributed by atoms with van der Waals surface area (Å²) in [5.74, 6) is 0.446. The Kier molecular flexibility index (Phi) is 3.11. The number of aryl methyl sites for hydroxylation is 1. The van der Waals surface area contributed by atoms with Crippen molar-refractivity contribution in [3.63, 3.8) is 0 Å². The standard InChI is InChI=1S/C13H13ClN2/c1-2-9-3-5-10(6-4-9)11-7-12(14)16-13(15)8-11/h3-8H,2H2,1H3,(H2,15,16). The van der Waals surface area contributed by atoms with Crippen LogP contribution in [0.25, 0.3) is 11.1 Å². The molecule has 1 aromatic heterocycles. The number of hydrogen-bond donors (Lipinski definition) is 1. The van der Waals surface area contributed by atoms with Crippen molar-refractivity contribution in [1.82, 2.24) is 4.98 Å². The maximum atomic E-state index is 5.87. The molecule has 0 saturated heterocycles. The Morgan fingerprint density at radius 1 is 1.12 bits per heavy atom. The monoisotopic (exact) mass is 232 g/mol. The number of nitrogens with two attached hydrogens (primary N) is 1. The van der Waals surface area contributed by atoms with E-state index in [4.69, 9.17) is 17.3 Å². The van der Waals surface area contributed by atoms with E-state index in [2.05, 4.69) is 36.2 Å². The molecule has 0 fully saturated rings.